The fraction of sp³-hybridized carbons (Fsp3) is 0.588. The molecule has 1 aromatic carbocycles. The van der Waals surface area contributed by atoms with E-state index in [4.69, 9.17) is 0 Å². The number of nitrogens with one attached hydrogen (secondary N) is 2. The number of nitro benzene ring substituents is 1. The summed E-state index contributed by atoms with van der Waals surface area (Å²) < 4.78 is 0. The Morgan fingerprint density at radius 2 is 2.17 bits per heavy atom. The minimum atomic E-state index is -0.410. The van der Waals surface area contributed by atoms with E-state index in [1.165, 1.54) is 25.0 Å². The Hall–Kier alpha value is -1.95. The third-order valence-corrected chi connectivity index (χ3v) is 4.53. The Bertz CT molecular complexity index is 524. The first-order valence-corrected chi connectivity index (χ1v) is 8.27. The molecule has 126 valence electrons. The maximum Gasteiger partial charge on any atom is 0.269 e. The molecule has 0 radical (unpaired) electrons. The summed E-state index contributed by atoms with van der Waals surface area (Å²) in [4.78, 5) is 22.2. The van der Waals surface area contributed by atoms with Gasteiger partial charge in [0.15, 0.2) is 0 Å². The van der Waals surface area contributed by atoms with Crippen LogP contribution in [0.5, 0.6) is 0 Å². The third kappa shape index (κ3) is 5.63. The number of non-ortho nitro benzene ring substituents is 1. The van der Waals surface area contributed by atoms with Crippen molar-refractivity contribution >= 4 is 11.6 Å². The molecule has 2 unspecified atom stereocenters. The molecule has 1 fully saturated rings. The van der Waals surface area contributed by atoms with Gasteiger partial charge in [-0.2, -0.15) is 0 Å². The minimum Gasteiger partial charge on any atom is -0.356 e. The average Bonchev–Trinajstić information content (AvgIpc) is 2.56. The summed E-state index contributed by atoms with van der Waals surface area (Å²) in [5.74, 6) is 1.07. The first-order valence-electron chi connectivity index (χ1n) is 8.27. The topological polar surface area (TPSA) is 84.3 Å². The molecular formula is C17H25N3O3. The summed E-state index contributed by atoms with van der Waals surface area (Å²) in [6.45, 7) is 4.81. The largest absolute Gasteiger partial charge is 0.356 e. The highest BCUT2D eigenvalue weighted by Gasteiger charge is 2.21. The van der Waals surface area contributed by atoms with Crippen LogP contribution in [0.15, 0.2) is 24.3 Å². The molecule has 6 heteroatoms. The van der Waals surface area contributed by atoms with Crippen LogP contribution in [0.1, 0.15) is 31.7 Å². The number of hydrogen-bond donors (Lipinski definition) is 2. The van der Waals surface area contributed by atoms with Gasteiger partial charge >= 0.3 is 0 Å². The highest BCUT2D eigenvalue weighted by molar-refractivity contribution is 5.76. The monoisotopic (exact) mass is 319 g/mol. The smallest absolute Gasteiger partial charge is 0.269 e. The molecule has 1 aromatic rings. The molecule has 0 spiro atoms. The van der Waals surface area contributed by atoms with Crippen LogP contribution >= 0.6 is 0 Å². The van der Waals surface area contributed by atoms with Gasteiger partial charge in [0, 0.05) is 25.1 Å². The first-order chi connectivity index (χ1) is 11.1. The summed E-state index contributed by atoms with van der Waals surface area (Å²) in [5.41, 5.74) is 1.08. The Kier molecular flexibility index (Phi) is 6.52. The zero-order valence-corrected chi connectivity index (χ0v) is 13.6. The van der Waals surface area contributed by atoms with E-state index in [-0.39, 0.29) is 11.6 Å². The molecule has 1 aliphatic heterocycles. The number of nitro groups is 1. The number of rotatable bonds is 7. The Morgan fingerprint density at radius 1 is 1.43 bits per heavy atom. The Morgan fingerprint density at radius 3 is 2.78 bits per heavy atom. The molecule has 2 rings (SSSR count). The molecule has 0 bridgehead atoms. The lowest BCUT2D eigenvalue weighted by molar-refractivity contribution is -0.384. The van der Waals surface area contributed by atoms with Crippen molar-refractivity contribution in [2.45, 2.75) is 32.6 Å². The Balaban J connectivity index is 1.68. The van der Waals surface area contributed by atoms with E-state index in [0.717, 1.165) is 18.7 Å². The van der Waals surface area contributed by atoms with Gasteiger partial charge in [0.05, 0.1) is 4.92 Å². The second kappa shape index (κ2) is 8.62. The number of benzene rings is 1. The summed E-state index contributed by atoms with van der Waals surface area (Å²) in [6.07, 6.45) is 3.64. The van der Waals surface area contributed by atoms with Crippen LogP contribution in [0.4, 0.5) is 5.69 Å². The SMILES string of the molecule is CC(CC(=O)NCCc1ccc([N+](=O)[O-])cc1)C1CCCNC1. The van der Waals surface area contributed by atoms with Gasteiger partial charge in [-0.15, -0.1) is 0 Å². The number of nitrogens with zero attached hydrogens (tertiary/aromatic N) is 1. The second-order valence-corrected chi connectivity index (χ2v) is 6.31. The lowest BCUT2D eigenvalue weighted by Crippen LogP contribution is -2.36. The van der Waals surface area contributed by atoms with Crippen molar-refractivity contribution in [2.24, 2.45) is 11.8 Å². The molecule has 0 aromatic heterocycles. The van der Waals surface area contributed by atoms with Crippen LogP contribution in [-0.4, -0.2) is 30.5 Å². The molecule has 1 saturated heterocycles. The number of piperidine rings is 1. The fourth-order valence-electron chi connectivity index (χ4n) is 3.03. The van der Waals surface area contributed by atoms with Gasteiger partial charge in [0.1, 0.15) is 0 Å². The van der Waals surface area contributed by atoms with Crippen LogP contribution < -0.4 is 10.6 Å². The van der Waals surface area contributed by atoms with Crippen molar-refractivity contribution in [3.63, 3.8) is 0 Å². The fourth-order valence-corrected chi connectivity index (χ4v) is 3.03. The maximum absolute atomic E-state index is 12.0. The minimum absolute atomic E-state index is 0.0879. The second-order valence-electron chi connectivity index (χ2n) is 6.31. The van der Waals surface area contributed by atoms with E-state index in [1.54, 1.807) is 12.1 Å². The molecule has 2 N–H and O–H groups in total. The summed E-state index contributed by atoms with van der Waals surface area (Å²) in [5, 5.41) is 16.9. The molecule has 1 amide bonds. The van der Waals surface area contributed by atoms with Crippen molar-refractivity contribution in [3.8, 4) is 0 Å². The highest BCUT2D eigenvalue weighted by atomic mass is 16.6. The summed E-state index contributed by atoms with van der Waals surface area (Å²) in [6, 6.07) is 6.46. The van der Waals surface area contributed by atoms with E-state index in [1.807, 2.05) is 0 Å². The quantitative estimate of drug-likeness (QED) is 0.596. The van der Waals surface area contributed by atoms with Crippen molar-refractivity contribution in [1.29, 1.82) is 0 Å². The van der Waals surface area contributed by atoms with Gasteiger partial charge in [-0.25, -0.2) is 0 Å². The molecule has 0 saturated carbocycles. The zero-order chi connectivity index (χ0) is 16.7. The van der Waals surface area contributed by atoms with E-state index in [9.17, 15) is 14.9 Å². The number of carbonyl (C=O) groups is 1. The van der Waals surface area contributed by atoms with E-state index >= 15 is 0 Å². The van der Waals surface area contributed by atoms with Gasteiger partial charge in [0.2, 0.25) is 5.91 Å². The van der Waals surface area contributed by atoms with Crippen LogP contribution in [0.25, 0.3) is 0 Å². The lowest BCUT2D eigenvalue weighted by atomic mass is 9.85. The van der Waals surface area contributed by atoms with Crippen LogP contribution in [0, 0.1) is 22.0 Å². The van der Waals surface area contributed by atoms with Gasteiger partial charge in [-0.3, -0.25) is 14.9 Å². The van der Waals surface area contributed by atoms with Crippen LogP contribution in [0.3, 0.4) is 0 Å². The molecule has 23 heavy (non-hydrogen) atoms. The van der Waals surface area contributed by atoms with Gasteiger partial charge in [-0.1, -0.05) is 19.1 Å². The summed E-state index contributed by atoms with van der Waals surface area (Å²) >= 11 is 0. The van der Waals surface area contributed by atoms with Crippen molar-refractivity contribution in [3.05, 3.63) is 39.9 Å². The van der Waals surface area contributed by atoms with E-state index in [2.05, 4.69) is 17.6 Å². The van der Waals surface area contributed by atoms with Crippen LogP contribution in [-0.2, 0) is 11.2 Å². The number of hydrogen-bond acceptors (Lipinski definition) is 4. The Labute approximate surface area is 136 Å². The summed E-state index contributed by atoms with van der Waals surface area (Å²) in [7, 11) is 0. The molecule has 0 aliphatic carbocycles. The lowest BCUT2D eigenvalue weighted by Gasteiger charge is -2.28. The number of amides is 1. The zero-order valence-electron chi connectivity index (χ0n) is 13.6. The average molecular weight is 319 g/mol. The molecule has 1 aliphatic rings. The normalized spacial score (nSPS) is 19.1. The molecule has 1 heterocycles. The third-order valence-electron chi connectivity index (χ3n) is 4.53. The van der Waals surface area contributed by atoms with Crippen molar-refractivity contribution in [1.82, 2.24) is 10.6 Å². The van der Waals surface area contributed by atoms with Gasteiger partial charge < -0.3 is 10.6 Å². The standard InChI is InChI=1S/C17H25N3O3/c1-13(15-3-2-9-18-12-15)11-17(21)19-10-8-14-4-6-16(7-5-14)20(22)23/h4-7,13,15,18H,2-3,8-12H2,1H3,(H,19,21). The predicted molar refractivity (Wildman–Crippen MR) is 89.2 cm³/mol. The highest BCUT2D eigenvalue weighted by Crippen LogP contribution is 2.22. The van der Waals surface area contributed by atoms with Crippen molar-refractivity contribution < 1.29 is 9.72 Å². The van der Waals surface area contributed by atoms with Gasteiger partial charge in [-0.05, 0) is 49.8 Å². The van der Waals surface area contributed by atoms with Crippen LogP contribution in [0.2, 0.25) is 0 Å². The van der Waals surface area contributed by atoms with Gasteiger partial charge in [0.25, 0.3) is 5.69 Å². The predicted octanol–water partition coefficient (Wildman–Crippen LogP) is 2.28. The first kappa shape index (κ1) is 17.4. The van der Waals surface area contributed by atoms with E-state index in [0.29, 0.717) is 31.2 Å². The molecule has 6 nitrogen and oxygen atoms in total. The van der Waals surface area contributed by atoms with E-state index < -0.39 is 4.92 Å². The molecular weight excluding hydrogens is 294 g/mol. The van der Waals surface area contributed by atoms with Crippen molar-refractivity contribution in [2.75, 3.05) is 19.6 Å². The molecule has 2 atom stereocenters. The maximum atomic E-state index is 12.0. The number of carbonyl (C=O) groups excluding carboxylic acids is 1.